The first-order chi connectivity index (χ1) is 9.49. The van der Waals surface area contributed by atoms with Gasteiger partial charge in [0.05, 0.1) is 11.9 Å². The second kappa shape index (κ2) is 5.56. The van der Waals surface area contributed by atoms with Gasteiger partial charge in [-0.15, -0.1) is 0 Å². The van der Waals surface area contributed by atoms with E-state index >= 15 is 0 Å². The monoisotopic (exact) mass is 272 g/mol. The van der Waals surface area contributed by atoms with E-state index in [1.165, 1.54) is 12.1 Å². The van der Waals surface area contributed by atoms with Crippen LogP contribution in [0.25, 0.3) is 0 Å². The fraction of sp³-hybridized carbons (Fsp3) is 0.214. The molecule has 1 aromatic heterocycles. The van der Waals surface area contributed by atoms with Gasteiger partial charge in [0.2, 0.25) is 0 Å². The number of phenols is 1. The van der Waals surface area contributed by atoms with Crippen LogP contribution in [0.2, 0.25) is 0 Å². The lowest BCUT2D eigenvalue weighted by Gasteiger charge is -2.00. The zero-order valence-electron chi connectivity index (χ0n) is 11.6. The van der Waals surface area contributed by atoms with Crippen molar-refractivity contribution in [3.05, 3.63) is 46.8 Å². The Bertz CT molecular complexity index is 674. The van der Waals surface area contributed by atoms with Crippen LogP contribution in [0.15, 0.2) is 29.4 Å². The van der Waals surface area contributed by atoms with Gasteiger partial charge in [-0.2, -0.15) is 10.2 Å². The first kappa shape index (κ1) is 13.8. The summed E-state index contributed by atoms with van der Waals surface area (Å²) in [5.41, 5.74) is 5.47. The highest BCUT2D eigenvalue weighted by Gasteiger charge is 2.07. The van der Waals surface area contributed by atoms with Crippen LogP contribution in [0.4, 0.5) is 0 Å². The molecule has 0 saturated heterocycles. The lowest BCUT2D eigenvalue weighted by molar-refractivity contribution is 0.0954. The summed E-state index contributed by atoms with van der Waals surface area (Å²) in [4.78, 5) is 11.8. The second-order valence-corrected chi connectivity index (χ2v) is 4.46. The number of rotatable bonds is 3. The van der Waals surface area contributed by atoms with Crippen LogP contribution in [-0.2, 0) is 7.05 Å². The van der Waals surface area contributed by atoms with Gasteiger partial charge >= 0.3 is 0 Å². The summed E-state index contributed by atoms with van der Waals surface area (Å²) in [5.74, 6) is -0.336. The third-order valence-corrected chi connectivity index (χ3v) is 3.03. The van der Waals surface area contributed by atoms with Gasteiger partial charge in [0, 0.05) is 23.9 Å². The molecule has 0 saturated carbocycles. The molecular formula is C14H16N4O2. The maximum Gasteiger partial charge on any atom is 0.271 e. The highest BCUT2D eigenvalue weighted by molar-refractivity contribution is 5.95. The van der Waals surface area contributed by atoms with Crippen LogP contribution in [0.3, 0.4) is 0 Å². The van der Waals surface area contributed by atoms with E-state index in [1.54, 1.807) is 23.0 Å². The molecule has 0 aliphatic carbocycles. The van der Waals surface area contributed by atoms with E-state index in [4.69, 9.17) is 0 Å². The van der Waals surface area contributed by atoms with Crippen LogP contribution in [0.5, 0.6) is 5.75 Å². The summed E-state index contributed by atoms with van der Waals surface area (Å²) < 4.78 is 1.76. The number of carbonyl (C=O) groups excluding carboxylic acids is 1. The highest BCUT2D eigenvalue weighted by Crippen LogP contribution is 2.11. The van der Waals surface area contributed by atoms with Gasteiger partial charge < -0.3 is 5.11 Å². The van der Waals surface area contributed by atoms with Crippen LogP contribution in [0.1, 0.15) is 27.3 Å². The van der Waals surface area contributed by atoms with Crippen LogP contribution < -0.4 is 5.43 Å². The molecule has 0 atom stereocenters. The van der Waals surface area contributed by atoms with Crippen molar-refractivity contribution in [1.29, 1.82) is 0 Å². The normalized spacial score (nSPS) is 10.9. The van der Waals surface area contributed by atoms with E-state index in [0.717, 1.165) is 17.0 Å². The van der Waals surface area contributed by atoms with Crippen molar-refractivity contribution in [2.45, 2.75) is 13.8 Å². The maximum atomic E-state index is 11.8. The number of hydrogen-bond acceptors (Lipinski definition) is 4. The molecule has 0 fully saturated rings. The number of phenolic OH excluding ortho intramolecular Hbond substituents is 1. The average Bonchev–Trinajstić information content (AvgIpc) is 2.65. The van der Waals surface area contributed by atoms with Crippen LogP contribution in [-0.4, -0.2) is 27.0 Å². The van der Waals surface area contributed by atoms with E-state index in [0.29, 0.717) is 5.56 Å². The second-order valence-electron chi connectivity index (χ2n) is 4.46. The first-order valence-electron chi connectivity index (χ1n) is 6.11. The molecule has 0 aliphatic heterocycles. The minimum absolute atomic E-state index is 0.0422. The summed E-state index contributed by atoms with van der Waals surface area (Å²) in [5, 5.41) is 17.5. The number of nitrogens with one attached hydrogen (secondary N) is 1. The molecular weight excluding hydrogens is 256 g/mol. The summed E-state index contributed by atoms with van der Waals surface area (Å²) in [6.45, 7) is 3.81. The first-order valence-corrected chi connectivity index (χ1v) is 6.11. The molecule has 0 aliphatic rings. The third-order valence-electron chi connectivity index (χ3n) is 3.03. The van der Waals surface area contributed by atoms with E-state index in [1.807, 2.05) is 20.9 Å². The number of aromatic nitrogens is 2. The minimum Gasteiger partial charge on any atom is -0.508 e. The van der Waals surface area contributed by atoms with Crippen molar-refractivity contribution >= 4 is 12.1 Å². The Morgan fingerprint density at radius 1 is 1.45 bits per heavy atom. The Labute approximate surface area is 116 Å². The van der Waals surface area contributed by atoms with Gasteiger partial charge in [-0.25, -0.2) is 5.43 Å². The Hall–Kier alpha value is -2.63. The standard InChI is InChI=1S/C14H16N4O2/c1-9-13(10(2)18(3)17-9)8-15-16-14(20)11-5-4-6-12(19)7-11/h4-8,19H,1-3H3,(H,16,20)/b15-8-. The van der Waals surface area contributed by atoms with Gasteiger partial charge in [-0.3, -0.25) is 9.48 Å². The zero-order chi connectivity index (χ0) is 14.7. The number of carbonyl (C=O) groups is 1. The number of aryl methyl sites for hydroxylation is 2. The number of nitrogens with zero attached hydrogens (tertiary/aromatic N) is 3. The molecule has 0 bridgehead atoms. The van der Waals surface area contributed by atoms with Crippen molar-refractivity contribution in [3.8, 4) is 5.75 Å². The quantitative estimate of drug-likeness (QED) is 0.656. The molecule has 20 heavy (non-hydrogen) atoms. The number of aromatic hydroxyl groups is 1. The van der Waals surface area contributed by atoms with Crippen LogP contribution >= 0.6 is 0 Å². The predicted molar refractivity (Wildman–Crippen MR) is 75.8 cm³/mol. The molecule has 0 radical (unpaired) electrons. The molecule has 104 valence electrons. The maximum absolute atomic E-state index is 11.8. The molecule has 1 aromatic carbocycles. The lowest BCUT2D eigenvalue weighted by atomic mass is 10.2. The Balaban J connectivity index is 2.08. The topological polar surface area (TPSA) is 79.5 Å². The SMILES string of the molecule is Cc1nn(C)c(C)c1/C=N\NC(=O)c1cccc(O)c1. The summed E-state index contributed by atoms with van der Waals surface area (Å²) in [7, 11) is 1.85. The molecule has 0 unspecified atom stereocenters. The molecule has 6 nitrogen and oxygen atoms in total. The third kappa shape index (κ3) is 2.85. The summed E-state index contributed by atoms with van der Waals surface area (Å²) in [6.07, 6.45) is 1.57. The Kier molecular flexibility index (Phi) is 3.84. The fourth-order valence-corrected chi connectivity index (χ4v) is 1.84. The molecule has 6 heteroatoms. The van der Waals surface area contributed by atoms with Gasteiger partial charge in [0.1, 0.15) is 5.75 Å². The van der Waals surface area contributed by atoms with Gasteiger partial charge in [-0.05, 0) is 32.0 Å². The van der Waals surface area contributed by atoms with E-state index in [-0.39, 0.29) is 11.7 Å². The number of hydrazone groups is 1. The Morgan fingerprint density at radius 2 is 2.20 bits per heavy atom. The summed E-state index contributed by atoms with van der Waals surface area (Å²) >= 11 is 0. The molecule has 1 heterocycles. The van der Waals surface area contributed by atoms with Crippen molar-refractivity contribution < 1.29 is 9.90 Å². The van der Waals surface area contributed by atoms with Gasteiger partial charge in [-0.1, -0.05) is 6.07 Å². The number of hydrogen-bond donors (Lipinski definition) is 2. The highest BCUT2D eigenvalue weighted by atomic mass is 16.3. The van der Waals surface area contributed by atoms with Crippen molar-refractivity contribution in [3.63, 3.8) is 0 Å². The smallest absolute Gasteiger partial charge is 0.271 e. The van der Waals surface area contributed by atoms with Gasteiger partial charge in [0.25, 0.3) is 5.91 Å². The zero-order valence-corrected chi connectivity index (χ0v) is 11.6. The van der Waals surface area contributed by atoms with Crippen LogP contribution in [0, 0.1) is 13.8 Å². The fourth-order valence-electron chi connectivity index (χ4n) is 1.84. The molecule has 2 aromatic rings. The van der Waals surface area contributed by atoms with Crippen molar-refractivity contribution in [2.24, 2.45) is 12.1 Å². The van der Waals surface area contributed by atoms with Crippen molar-refractivity contribution in [2.75, 3.05) is 0 Å². The number of amides is 1. The van der Waals surface area contributed by atoms with E-state index in [9.17, 15) is 9.90 Å². The minimum atomic E-state index is -0.378. The molecule has 2 rings (SSSR count). The largest absolute Gasteiger partial charge is 0.508 e. The van der Waals surface area contributed by atoms with Gasteiger partial charge in [0.15, 0.2) is 0 Å². The van der Waals surface area contributed by atoms with Crippen molar-refractivity contribution in [1.82, 2.24) is 15.2 Å². The molecule has 1 amide bonds. The van der Waals surface area contributed by atoms with E-state index in [2.05, 4.69) is 15.6 Å². The lowest BCUT2D eigenvalue weighted by Crippen LogP contribution is -2.17. The summed E-state index contributed by atoms with van der Waals surface area (Å²) in [6, 6.07) is 6.09. The van der Waals surface area contributed by atoms with E-state index < -0.39 is 0 Å². The number of benzene rings is 1. The Morgan fingerprint density at radius 3 is 2.80 bits per heavy atom. The predicted octanol–water partition coefficient (Wildman–Crippen LogP) is 1.51. The molecule has 0 spiro atoms. The molecule has 2 N–H and O–H groups in total. The average molecular weight is 272 g/mol.